The van der Waals surface area contributed by atoms with E-state index in [9.17, 15) is 0 Å². The van der Waals surface area contributed by atoms with E-state index in [1.165, 1.54) is 21.6 Å². The van der Waals surface area contributed by atoms with E-state index >= 15 is 0 Å². The molecule has 0 bridgehead atoms. The molecule has 0 saturated heterocycles. The fourth-order valence-corrected chi connectivity index (χ4v) is 1.72. The van der Waals surface area contributed by atoms with Gasteiger partial charge in [0.1, 0.15) is 5.03 Å². The van der Waals surface area contributed by atoms with Crippen molar-refractivity contribution in [2.45, 2.75) is 5.03 Å². The molecule has 11 heavy (non-hydrogen) atoms. The predicted molar refractivity (Wildman–Crippen MR) is 49.6 cm³/mol. The average molecular weight is 182 g/mol. The third kappa shape index (κ3) is 3.21. The number of hydrogen-bond donors (Lipinski definition) is 1. The Balaban J connectivity index is 2.43. The third-order valence-electron chi connectivity index (χ3n) is 0.865. The van der Waals surface area contributed by atoms with Gasteiger partial charge in [-0.15, -0.1) is 0 Å². The maximum Gasteiger partial charge on any atom is 0.107 e. The number of aromatic nitrogens is 1. The minimum absolute atomic E-state index is 0.945. The molecule has 0 aliphatic rings. The highest BCUT2D eigenvalue weighted by Crippen LogP contribution is 2.27. The van der Waals surface area contributed by atoms with E-state index in [0.717, 1.165) is 5.03 Å². The highest BCUT2D eigenvalue weighted by atomic mass is 33.1. The molecule has 1 rings (SSSR count). The van der Waals surface area contributed by atoms with Crippen molar-refractivity contribution >= 4 is 21.6 Å². The number of rotatable bonds is 2. The fraction of sp³-hybridized carbons (Fsp3) is 0. The Labute approximate surface area is 73.4 Å². The summed E-state index contributed by atoms with van der Waals surface area (Å²) < 4.78 is 0. The van der Waals surface area contributed by atoms with Crippen LogP contribution in [0.25, 0.3) is 0 Å². The van der Waals surface area contributed by atoms with Crippen molar-refractivity contribution in [3.63, 3.8) is 0 Å². The van der Waals surface area contributed by atoms with Crippen molar-refractivity contribution in [3.05, 3.63) is 24.4 Å². The summed E-state index contributed by atoms with van der Waals surface area (Å²) in [5.41, 5.74) is 4.98. The summed E-state index contributed by atoms with van der Waals surface area (Å²) in [5, 5.41) is 3.61. The molecule has 0 spiro atoms. The summed E-state index contributed by atoms with van der Waals surface area (Å²) in [7, 11) is 2.87. The Morgan fingerprint density at radius 2 is 2.36 bits per heavy atom. The molecule has 0 aliphatic heterocycles. The molecule has 0 saturated carbocycles. The quantitative estimate of drug-likeness (QED) is 0.429. The van der Waals surface area contributed by atoms with Crippen LogP contribution in [0.3, 0.4) is 0 Å². The van der Waals surface area contributed by atoms with Gasteiger partial charge in [0.2, 0.25) is 0 Å². The van der Waals surface area contributed by atoms with Crippen LogP contribution < -0.4 is 5.73 Å². The molecular weight excluding hydrogens is 176 g/mol. The molecule has 0 aromatic carbocycles. The number of hydrogen-bond acceptors (Lipinski definition) is 4. The standard InChI is InChI=1S/C7H6N2S2/c8-4-6-10-11-7-3-1-2-5-9-7/h1-3,5H,8H2. The molecule has 1 aromatic rings. The fourth-order valence-electron chi connectivity index (χ4n) is 0.484. The zero-order chi connectivity index (χ0) is 7.94. The largest absolute Gasteiger partial charge is 0.359 e. The van der Waals surface area contributed by atoms with Gasteiger partial charge in [0, 0.05) is 28.3 Å². The Morgan fingerprint density at radius 3 is 3.00 bits per heavy atom. The van der Waals surface area contributed by atoms with Gasteiger partial charge in [-0.3, -0.25) is 0 Å². The second-order valence-electron chi connectivity index (χ2n) is 1.58. The second-order valence-corrected chi connectivity index (χ2v) is 3.54. The van der Waals surface area contributed by atoms with E-state index in [1.54, 1.807) is 6.20 Å². The molecule has 2 nitrogen and oxygen atoms in total. The second kappa shape index (κ2) is 4.94. The maximum absolute atomic E-state index is 4.98. The molecule has 0 radical (unpaired) electrons. The van der Waals surface area contributed by atoms with E-state index in [-0.39, 0.29) is 0 Å². The minimum atomic E-state index is 0.945. The van der Waals surface area contributed by atoms with E-state index in [0.29, 0.717) is 0 Å². The predicted octanol–water partition coefficient (Wildman–Crippen LogP) is 1.70. The first-order valence-corrected chi connectivity index (χ1v) is 5.03. The van der Waals surface area contributed by atoms with Gasteiger partial charge < -0.3 is 5.73 Å². The lowest BCUT2D eigenvalue weighted by molar-refractivity contribution is 1.14. The lowest BCUT2D eigenvalue weighted by Gasteiger charge is -1.91. The molecule has 0 unspecified atom stereocenters. The average Bonchev–Trinajstić information content (AvgIpc) is 2.07. The van der Waals surface area contributed by atoms with E-state index in [1.807, 2.05) is 18.2 Å². The van der Waals surface area contributed by atoms with E-state index in [2.05, 4.69) is 16.3 Å². The molecule has 0 amide bonds. The summed E-state index contributed by atoms with van der Waals surface area (Å²) >= 11 is 0. The zero-order valence-corrected chi connectivity index (χ0v) is 7.28. The lowest BCUT2D eigenvalue weighted by atomic mass is 10.5. The van der Waals surface area contributed by atoms with Gasteiger partial charge in [-0.25, -0.2) is 4.98 Å². The molecule has 2 N–H and O–H groups in total. The van der Waals surface area contributed by atoms with Crippen molar-refractivity contribution in [2.24, 2.45) is 5.73 Å². The van der Waals surface area contributed by atoms with Gasteiger partial charge in [0.25, 0.3) is 0 Å². The van der Waals surface area contributed by atoms with Crippen molar-refractivity contribution in [1.82, 2.24) is 4.98 Å². The first kappa shape index (κ1) is 8.31. The van der Waals surface area contributed by atoms with Crippen LogP contribution in [-0.2, 0) is 0 Å². The van der Waals surface area contributed by atoms with Crippen molar-refractivity contribution < 1.29 is 0 Å². The number of pyridine rings is 1. The van der Waals surface area contributed by atoms with Gasteiger partial charge in [0.15, 0.2) is 0 Å². The summed E-state index contributed by atoms with van der Waals surface area (Å²) in [4.78, 5) is 4.08. The van der Waals surface area contributed by atoms with Crippen LogP contribution in [0.15, 0.2) is 29.4 Å². The smallest absolute Gasteiger partial charge is 0.107 e. The van der Waals surface area contributed by atoms with Gasteiger partial charge in [-0.05, 0) is 22.9 Å². The molecule has 0 atom stereocenters. The lowest BCUT2D eigenvalue weighted by Crippen LogP contribution is -1.74. The molecule has 0 fully saturated rings. The summed E-state index contributed by atoms with van der Waals surface area (Å²) in [6.45, 7) is 0. The molecule has 0 aliphatic carbocycles. The van der Waals surface area contributed by atoms with Crippen LogP contribution in [0.4, 0.5) is 0 Å². The normalized spacial score (nSPS) is 8.36. The van der Waals surface area contributed by atoms with Gasteiger partial charge in [-0.1, -0.05) is 6.07 Å². The van der Waals surface area contributed by atoms with Crippen LogP contribution in [-0.4, -0.2) is 4.98 Å². The number of nitrogens with zero attached hydrogens (tertiary/aromatic N) is 1. The summed E-state index contributed by atoms with van der Waals surface area (Å²) in [5.74, 6) is 0. The van der Waals surface area contributed by atoms with Crippen LogP contribution in [0, 0.1) is 11.3 Å². The Hall–Kier alpha value is -0.790. The summed E-state index contributed by atoms with van der Waals surface area (Å²) in [6.07, 6.45) is 1.75. The SMILES string of the molecule is NC#CSSc1ccccn1. The molecule has 1 aromatic heterocycles. The Bertz CT molecular complexity index is 263. The first-order valence-electron chi connectivity index (χ1n) is 2.88. The van der Waals surface area contributed by atoms with Crippen LogP contribution >= 0.6 is 21.6 Å². The topological polar surface area (TPSA) is 38.9 Å². The number of nitrogens with two attached hydrogens (primary N) is 1. The van der Waals surface area contributed by atoms with Gasteiger partial charge >= 0.3 is 0 Å². The summed E-state index contributed by atoms with van der Waals surface area (Å²) in [6, 6.07) is 8.04. The molecule has 56 valence electrons. The van der Waals surface area contributed by atoms with Crippen LogP contribution in [0.2, 0.25) is 0 Å². The van der Waals surface area contributed by atoms with Crippen molar-refractivity contribution in [2.75, 3.05) is 0 Å². The highest BCUT2D eigenvalue weighted by molar-refractivity contribution is 8.78. The van der Waals surface area contributed by atoms with Crippen molar-refractivity contribution in [1.29, 1.82) is 0 Å². The first-order chi connectivity index (χ1) is 5.43. The molecular formula is C7H6N2S2. The monoisotopic (exact) mass is 182 g/mol. The van der Waals surface area contributed by atoms with Crippen LogP contribution in [0.5, 0.6) is 0 Å². The van der Waals surface area contributed by atoms with Crippen LogP contribution in [0.1, 0.15) is 0 Å². The Kier molecular flexibility index (Phi) is 3.73. The molecule has 1 heterocycles. The zero-order valence-electron chi connectivity index (χ0n) is 5.65. The molecule has 4 heteroatoms. The van der Waals surface area contributed by atoms with Gasteiger partial charge in [0.05, 0.1) is 0 Å². The maximum atomic E-state index is 4.98. The van der Waals surface area contributed by atoms with Crippen molar-refractivity contribution in [3.8, 4) is 11.3 Å². The van der Waals surface area contributed by atoms with Gasteiger partial charge in [-0.2, -0.15) is 0 Å². The third-order valence-corrected chi connectivity index (χ3v) is 2.57. The highest BCUT2D eigenvalue weighted by Gasteiger charge is 1.90. The minimum Gasteiger partial charge on any atom is -0.359 e. The van der Waals surface area contributed by atoms with E-state index < -0.39 is 0 Å². The van der Waals surface area contributed by atoms with E-state index in [4.69, 9.17) is 5.73 Å². The Morgan fingerprint density at radius 1 is 1.45 bits per heavy atom.